The molecule has 2 aromatic rings. The van der Waals surface area contributed by atoms with Crippen LogP contribution in [0.5, 0.6) is 0 Å². The van der Waals surface area contributed by atoms with Gasteiger partial charge in [0.1, 0.15) is 0 Å². The molecular weight excluding hydrogens is 280 g/mol. The minimum atomic E-state index is 0.0469. The highest BCUT2D eigenvalue weighted by molar-refractivity contribution is 6.30. The lowest BCUT2D eigenvalue weighted by atomic mass is 10.3. The standard InChI is InChI=1S/C13H17ClN4O2/c14-11-1-3-13(4-2-11)18-10-12(15-16-18)9-17(5-7-19)6-8-20/h1-4,10,19-20H,5-9H2. The number of hydrogen-bond acceptors (Lipinski definition) is 5. The molecule has 0 saturated carbocycles. The Labute approximate surface area is 122 Å². The lowest BCUT2D eigenvalue weighted by Crippen LogP contribution is -2.29. The van der Waals surface area contributed by atoms with Gasteiger partial charge in [-0.05, 0) is 24.3 Å². The lowest BCUT2D eigenvalue weighted by Gasteiger charge is -2.18. The first-order valence-corrected chi connectivity index (χ1v) is 6.72. The highest BCUT2D eigenvalue weighted by atomic mass is 35.5. The summed E-state index contributed by atoms with van der Waals surface area (Å²) in [5.74, 6) is 0. The van der Waals surface area contributed by atoms with Crippen LogP contribution in [0.1, 0.15) is 5.69 Å². The van der Waals surface area contributed by atoms with E-state index in [4.69, 9.17) is 21.8 Å². The van der Waals surface area contributed by atoms with Crippen molar-refractivity contribution in [3.05, 3.63) is 41.2 Å². The van der Waals surface area contributed by atoms with Crippen LogP contribution in [0.25, 0.3) is 5.69 Å². The fraction of sp³-hybridized carbons (Fsp3) is 0.385. The zero-order valence-electron chi connectivity index (χ0n) is 11.0. The molecule has 0 bridgehead atoms. The molecule has 0 unspecified atom stereocenters. The highest BCUT2D eigenvalue weighted by Crippen LogP contribution is 2.13. The number of halogens is 1. The molecule has 0 aliphatic rings. The van der Waals surface area contributed by atoms with Crippen molar-refractivity contribution in [2.24, 2.45) is 0 Å². The van der Waals surface area contributed by atoms with Crippen LogP contribution in [0.15, 0.2) is 30.5 Å². The van der Waals surface area contributed by atoms with Gasteiger partial charge in [-0.1, -0.05) is 16.8 Å². The van der Waals surface area contributed by atoms with Crippen molar-refractivity contribution in [2.75, 3.05) is 26.3 Å². The largest absolute Gasteiger partial charge is 0.395 e. The number of rotatable bonds is 7. The molecule has 0 spiro atoms. The van der Waals surface area contributed by atoms with E-state index in [9.17, 15) is 0 Å². The van der Waals surface area contributed by atoms with Gasteiger partial charge in [-0.25, -0.2) is 4.68 Å². The molecule has 0 amide bonds. The summed E-state index contributed by atoms with van der Waals surface area (Å²) < 4.78 is 1.67. The second kappa shape index (κ2) is 7.35. The van der Waals surface area contributed by atoms with Gasteiger partial charge in [0, 0.05) is 24.7 Å². The molecule has 1 aromatic heterocycles. The Kier molecular flexibility index (Phi) is 5.49. The molecule has 108 valence electrons. The van der Waals surface area contributed by atoms with Gasteiger partial charge in [0.05, 0.1) is 30.8 Å². The summed E-state index contributed by atoms with van der Waals surface area (Å²) in [6, 6.07) is 7.31. The Hall–Kier alpha value is -1.47. The van der Waals surface area contributed by atoms with Crippen molar-refractivity contribution < 1.29 is 10.2 Å². The molecule has 0 radical (unpaired) electrons. The quantitative estimate of drug-likeness (QED) is 0.787. The number of aliphatic hydroxyl groups is 2. The predicted octanol–water partition coefficient (Wildman–Crippen LogP) is 0.707. The summed E-state index contributed by atoms with van der Waals surface area (Å²) in [7, 11) is 0. The third kappa shape index (κ3) is 4.01. The Balaban J connectivity index is 2.06. The third-order valence-corrected chi connectivity index (χ3v) is 3.10. The average molecular weight is 297 g/mol. The van der Waals surface area contributed by atoms with Crippen LogP contribution in [0.2, 0.25) is 5.02 Å². The summed E-state index contributed by atoms with van der Waals surface area (Å²) in [6.45, 7) is 1.62. The Morgan fingerprint density at radius 2 is 1.75 bits per heavy atom. The van der Waals surface area contributed by atoms with Crippen LogP contribution in [-0.4, -0.2) is 56.4 Å². The number of aromatic nitrogens is 3. The smallest absolute Gasteiger partial charge is 0.0971 e. The zero-order valence-corrected chi connectivity index (χ0v) is 11.7. The molecule has 0 aliphatic heterocycles. The van der Waals surface area contributed by atoms with Gasteiger partial charge in [0.25, 0.3) is 0 Å². The van der Waals surface area contributed by atoms with E-state index in [1.807, 2.05) is 23.2 Å². The van der Waals surface area contributed by atoms with E-state index in [-0.39, 0.29) is 13.2 Å². The first-order valence-electron chi connectivity index (χ1n) is 6.34. The molecule has 0 fully saturated rings. The number of aliphatic hydroxyl groups excluding tert-OH is 2. The fourth-order valence-electron chi connectivity index (χ4n) is 1.87. The van der Waals surface area contributed by atoms with E-state index in [1.54, 1.807) is 16.8 Å². The van der Waals surface area contributed by atoms with Crippen LogP contribution in [0, 0.1) is 0 Å². The lowest BCUT2D eigenvalue weighted by molar-refractivity contribution is 0.154. The maximum Gasteiger partial charge on any atom is 0.0971 e. The minimum Gasteiger partial charge on any atom is -0.395 e. The molecule has 6 nitrogen and oxygen atoms in total. The molecule has 0 atom stereocenters. The maximum atomic E-state index is 8.97. The Bertz CT molecular complexity index is 523. The second-order valence-corrected chi connectivity index (χ2v) is 4.79. The maximum absolute atomic E-state index is 8.97. The molecule has 0 saturated heterocycles. The molecule has 1 heterocycles. The van der Waals surface area contributed by atoms with E-state index >= 15 is 0 Å². The van der Waals surface area contributed by atoms with Gasteiger partial charge in [-0.2, -0.15) is 0 Å². The monoisotopic (exact) mass is 296 g/mol. The molecule has 2 rings (SSSR count). The van der Waals surface area contributed by atoms with Crippen LogP contribution in [0.3, 0.4) is 0 Å². The van der Waals surface area contributed by atoms with Gasteiger partial charge in [-0.3, -0.25) is 4.90 Å². The molecule has 2 N–H and O–H groups in total. The van der Waals surface area contributed by atoms with Crippen LogP contribution in [0.4, 0.5) is 0 Å². The molecule has 20 heavy (non-hydrogen) atoms. The molecule has 7 heteroatoms. The average Bonchev–Trinajstić information content (AvgIpc) is 2.89. The van der Waals surface area contributed by atoms with Crippen molar-refractivity contribution in [1.82, 2.24) is 19.9 Å². The number of benzene rings is 1. The second-order valence-electron chi connectivity index (χ2n) is 4.35. The topological polar surface area (TPSA) is 74.4 Å². The molecular formula is C13H17ClN4O2. The minimum absolute atomic E-state index is 0.0469. The molecule has 1 aromatic carbocycles. The third-order valence-electron chi connectivity index (χ3n) is 2.85. The number of nitrogens with zero attached hydrogens (tertiary/aromatic N) is 4. The first-order chi connectivity index (χ1) is 9.72. The van der Waals surface area contributed by atoms with E-state index in [2.05, 4.69) is 10.3 Å². The van der Waals surface area contributed by atoms with E-state index < -0.39 is 0 Å². The van der Waals surface area contributed by atoms with Gasteiger partial charge >= 0.3 is 0 Å². The van der Waals surface area contributed by atoms with Crippen molar-refractivity contribution in [1.29, 1.82) is 0 Å². The zero-order chi connectivity index (χ0) is 14.4. The summed E-state index contributed by atoms with van der Waals surface area (Å²) in [4.78, 5) is 1.91. The van der Waals surface area contributed by atoms with E-state index in [0.29, 0.717) is 24.7 Å². The number of hydrogen-bond donors (Lipinski definition) is 2. The highest BCUT2D eigenvalue weighted by Gasteiger charge is 2.09. The first kappa shape index (κ1) is 14.9. The normalized spacial score (nSPS) is 11.2. The Morgan fingerprint density at radius 1 is 1.10 bits per heavy atom. The van der Waals surface area contributed by atoms with Gasteiger partial charge in [0.15, 0.2) is 0 Å². The molecule has 0 aliphatic carbocycles. The predicted molar refractivity (Wildman–Crippen MR) is 75.8 cm³/mol. The summed E-state index contributed by atoms with van der Waals surface area (Å²) in [5.41, 5.74) is 1.66. The van der Waals surface area contributed by atoms with Crippen LogP contribution in [-0.2, 0) is 6.54 Å². The van der Waals surface area contributed by atoms with E-state index in [1.165, 1.54) is 0 Å². The van der Waals surface area contributed by atoms with E-state index in [0.717, 1.165) is 11.4 Å². The SMILES string of the molecule is OCCN(CCO)Cc1cn(-c2ccc(Cl)cc2)nn1. The van der Waals surface area contributed by atoms with Crippen molar-refractivity contribution >= 4 is 11.6 Å². The van der Waals surface area contributed by atoms with Gasteiger partial charge in [-0.15, -0.1) is 5.10 Å². The van der Waals surface area contributed by atoms with Gasteiger partial charge < -0.3 is 10.2 Å². The summed E-state index contributed by atoms with van der Waals surface area (Å²) >= 11 is 5.84. The van der Waals surface area contributed by atoms with Crippen molar-refractivity contribution in [3.63, 3.8) is 0 Å². The van der Waals surface area contributed by atoms with Crippen molar-refractivity contribution in [3.8, 4) is 5.69 Å². The van der Waals surface area contributed by atoms with Crippen molar-refractivity contribution in [2.45, 2.75) is 6.54 Å². The van der Waals surface area contributed by atoms with Crippen LogP contribution >= 0.6 is 11.6 Å². The summed E-state index contributed by atoms with van der Waals surface area (Å²) in [5, 5.41) is 26.8. The summed E-state index contributed by atoms with van der Waals surface area (Å²) in [6.07, 6.45) is 1.82. The van der Waals surface area contributed by atoms with Gasteiger partial charge in [0.2, 0.25) is 0 Å². The fourth-order valence-corrected chi connectivity index (χ4v) is 2.00. The van der Waals surface area contributed by atoms with Crippen LogP contribution < -0.4 is 0 Å². The Morgan fingerprint density at radius 3 is 2.35 bits per heavy atom.